The van der Waals surface area contributed by atoms with E-state index in [0.717, 1.165) is 19.3 Å². The molecule has 0 radical (unpaired) electrons. The number of hydrogen-bond acceptors (Lipinski definition) is 3. The van der Waals surface area contributed by atoms with Gasteiger partial charge in [-0.2, -0.15) is 0 Å². The van der Waals surface area contributed by atoms with Crippen molar-refractivity contribution in [1.82, 2.24) is 5.32 Å². The highest BCUT2D eigenvalue weighted by Crippen LogP contribution is 2.34. The van der Waals surface area contributed by atoms with Crippen molar-refractivity contribution in [2.24, 2.45) is 0 Å². The number of thiophene rings is 1. The fourth-order valence-electron chi connectivity index (χ4n) is 3.16. The van der Waals surface area contributed by atoms with Crippen LogP contribution in [0, 0.1) is 0 Å². The van der Waals surface area contributed by atoms with Gasteiger partial charge < -0.3 is 10.4 Å². The summed E-state index contributed by atoms with van der Waals surface area (Å²) in [5, 5.41) is 12.1. The average Bonchev–Trinajstić information content (AvgIpc) is 2.75. The highest BCUT2D eigenvalue weighted by Gasteiger charge is 2.46. The number of amides is 1. The molecule has 2 aliphatic rings. The summed E-state index contributed by atoms with van der Waals surface area (Å²) in [6, 6.07) is 1.98. The second-order valence-electron chi connectivity index (χ2n) is 6.17. The van der Waals surface area contributed by atoms with E-state index in [-0.39, 0.29) is 5.91 Å². The number of carboxylic acids is 1. The molecule has 1 aromatic rings. The molecule has 0 spiro atoms. The fraction of sp³-hybridized carbons (Fsp3) is 0.625. The second-order valence-corrected chi connectivity index (χ2v) is 7.30. The molecule has 2 aliphatic carbocycles. The molecule has 114 valence electrons. The highest BCUT2D eigenvalue weighted by atomic mass is 32.1. The van der Waals surface area contributed by atoms with Gasteiger partial charge >= 0.3 is 5.97 Å². The summed E-state index contributed by atoms with van der Waals surface area (Å²) in [4.78, 5) is 25.7. The Morgan fingerprint density at radius 2 is 1.81 bits per heavy atom. The SMILES string of the molecule is O=C(NC1(C(=O)O)CCC1)c1cc2c(s1)CCCCCC2. The largest absolute Gasteiger partial charge is 0.480 e. The Morgan fingerprint density at radius 1 is 1.10 bits per heavy atom. The van der Waals surface area contributed by atoms with Gasteiger partial charge in [-0.05, 0) is 56.6 Å². The van der Waals surface area contributed by atoms with E-state index in [1.54, 1.807) is 11.3 Å². The van der Waals surface area contributed by atoms with Crippen LogP contribution < -0.4 is 5.32 Å². The van der Waals surface area contributed by atoms with Gasteiger partial charge in [0.2, 0.25) is 0 Å². The lowest BCUT2D eigenvalue weighted by Crippen LogP contribution is -2.59. The van der Waals surface area contributed by atoms with E-state index in [9.17, 15) is 14.7 Å². The van der Waals surface area contributed by atoms with Crippen molar-refractivity contribution >= 4 is 23.2 Å². The van der Waals surface area contributed by atoms with Crippen LogP contribution in [0.1, 0.15) is 65.1 Å². The number of fused-ring (bicyclic) bond motifs is 1. The molecule has 0 aliphatic heterocycles. The zero-order valence-electron chi connectivity index (χ0n) is 12.1. The average molecular weight is 307 g/mol. The Morgan fingerprint density at radius 3 is 2.43 bits per heavy atom. The van der Waals surface area contributed by atoms with Crippen molar-refractivity contribution in [1.29, 1.82) is 0 Å². The third kappa shape index (κ3) is 2.84. The molecule has 21 heavy (non-hydrogen) atoms. The molecule has 0 saturated heterocycles. The van der Waals surface area contributed by atoms with Gasteiger partial charge in [-0.25, -0.2) is 4.79 Å². The molecule has 1 aromatic heterocycles. The predicted molar refractivity (Wildman–Crippen MR) is 81.9 cm³/mol. The summed E-state index contributed by atoms with van der Waals surface area (Å²) in [6.07, 6.45) is 8.95. The van der Waals surface area contributed by atoms with E-state index in [2.05, 4.69) is 5.32 Å². The Balaban J connectivity index is 1.76. The van der Waals surface area contributed by atoms with Crippen molar-refractivity contribution in [3.63, 3.8) is 0 Å². The third-order valence-electron chi connectivity index (χ3n) is 4.69. The van der Waals surface area contributed by atoms with E-state index >= 15 is 0 Å². The lowest BCUT2D eigenvalue weighted by molar-refractivity contribution is -0.148. The number of rotatable bonds is 3. The summed E-state index contributed by atoms with van der Waals surface area (Å²) in [5.74, 6) is -1.12. The Bertz CT molecular complexity index is 534. The first kappa shape index (κ1) is 14.6. The van der Waals surface area contributed by atoms with Crippen LogP contribution in [0.25, 0.3) is 0 Å². The van der Waals surface area contributed by atoms with Gasteiger partial charge in [-0.1, -0.05) is 12.8 Å². The van der Waals surface area contributed by atoms with Crippen LogP contribution >= 0.6 is 11.3 Å². The Hall–Kier alpha value is -1.36. The van der Waals surface area contributed by atoms with Gasteiger partial charge in [-0.3, -0.25) is 4.79 Å². The van der Waals surface area contributed by atoms with Gasteiger partial charge in [0.05, 0.1) is 4.88 Å². The maximum absolute atomic E-state index is 12.4. The minimum Gasteiger partial charge on any atom is -0.480 e. The number of aliphatic carboxylic acids is 1. The van der Waals surface area contributed by atoms with E-state index < -0.39 is 11.5 Å². The molecule has 0 unspecified atom stereocenters. The molecule has 0 atom stereocenters. The van der Waals surface area contributed by atoms with Crippen molar-refractivity contribution in [2.45, 2.75) is 63.3 Å². The Labute approximate surface area is 128 Å². The van der Waals surface area contributed by atoms with Gasteiger partial charge in [0.15, 0.2) is 0 Å². The topological polar surface area (TPSA) is 66.4 Å². The molecule has 1 saturated carbocycles. The molecule has 1 heterocycles. The minimum atomic E-state index is -1.02. The van der Waals surface area contributed by atoms with Crippen LogP contribution in [0.15, 0.2) is 6.07 Å². The summed E-state index contributed by atoms with van der Waals surface area (Å²) in [5.41, 5.74) is 0.276. The number of nitrogens with one attached hydrogen (secondary N) is 1. The summed E-state index contributed by atoms with van der Waals surface area (Å²) >= 11 is 1.55. The lowest BCUT2D eigenvalue weighted by atomic mass is 9.76. The van der Waals surface area contributed by atoms with Gasteiger partial charge in [0.25, 0.3) is 5.91 Å². The molecule has 5 heteroatoms. The summed E-state index contributed by atoms with van der Waals surface area (Å²) in [7, 11) is 0. The van der Waals surface area contributed by atoms with E-state index in [0.29, 0.717) is 17.7 Å². The van der Waals surface area contributed by atoms with Gasteiger partial charge in [0, 0.05) is 4.88 Å². The molecular weight excluding hydrogens is 286 g/mol. The van der Waals surface area contributed by atoms with Crippen LogP contribution in [0.2, 0.25) is 0 Å². The molecule has 0 aromatic carbocycles. The molecule has 1 fully saturated rings. The monoisotopic (exact) mass is 307 g/mol. The van der Waals surface area contributed by atoms with Crippen LogP contribution in [0.3, 0.4) is 0 Å². The Kier molecular flexibility index (Phi) is 4.02. The third-order valence-corrected chi connectivity index (χ3v) is 5.93. The molecule has 3 rings (SSSR count). The zero-order valence-corrected chi connectivity index (χ0v) is 12.9. The van der Waals surface area contributed by atoms with Crippen LogP contribution in [0.5, 0.6) is 0 Å². The standard InChI is InChI=1S/C16H21NO3S/c18-14(17-16(15(19)20)8-5-9-16)13-10-11-6-3-1-2-4-7-12(11)21-13/h10H,1-9H2,(H,17,18)(H,19,20). The maximum Gasteiger partial charge on any atom is 0.329 e. The van der Waals surface area contributed by atoms with Crippen molar-refractivity contribution in [2.75, 3.05) is 0 Å². The van der Waals surface area contributed by atoms with Crippen molar-refractivity contribution < 1.29 is 14.7 Å². The number of carboxylic acid groups (broad SMARTS) is 1. The predicted octanol–water partition coefficient (Wildman–Crippen LogP) is 3.14. The molecular formula is C16H21NO3S. The quantitative estimate of drug-likeness (QED) is 0.901. The van der Waals surface area contributed by atoms with E-state index in [1.807, 2.05) is 6.07 Å². The smallest absolute Gasteiger partial charge is 0.329 e. The van der Waals surface area contributed by atoms with E-state index in [1.165, 1.54) is 36.1 Å². The first-order valence-electron chi connectivity index (χ1n) is 7.78. The van der Waals surface area contributed by atoms with Crippen LogP contribution in [-0.2, 0) is 17.6 Å². The summed E-state index contributed by atoms with van der Waals surface area (Å²) < 4.78 is 0. The first-order chi connectivity index (χ1) is 10.1. The van der Waals surface area contributed by atoms with Crippen molar-refractivity contribution in [3.05, 3.63) is 21.4 Å². The van der Waals surface area contributed by atoms with Gasteiger partial charge in [-0.15, -0.1) is 11.3 Å². The fourth-order valence-corrected chi connectivity index (χ4v) is 4.31. The van der Waals surface area contributed by atoms with Crippen LogP contribution in [0.4, 0.5) is 0 Å². The molecule has 4 nitrogen and oxygen atoms in total. The van der Waals surface area contributed by atoms with Crippen molar-refractivity contribution in [3.8, 4) is 0 Å². The molecule has 1 amide bonds. The van der Waals surface area contributed by atoms with E-state index in [4.69, 9.17) is 0 Å². The lowest BCUT2D eigenvalue weighted by Gasteiger charge is -2.38. The number of carbonyl (C=O) groups excluding carboxylic acids is 1. The van der Waals surface area contributed by atoms with Crippen LogP contribution in [-0.4, -0.2) is 22.5 Å². The normalized spacial score (nSPS) is 20.6. The second kappa shape index (κ2) is 5.79. The maximum atomic E-state index is 12.4. The number of aryl methyl sites for hydroxylation is 2. The number of carbonyl (C=O) groups is 2. The summed E-state index contributed by atoms with van der Waals surface area (Å²) in [6.45, 7) is 0. The first-order valence-corrected chi connectivity index (χ1v) is 8.60. The molecule has 2 N–H and O–H groups in total. The minimum absolute atomic E-state index is 0.214. The zero-order chi connectivity index (χ0) is 14.9. The van der Waals surface area contributed by atoms with Gasteiger partial charge in [0.1, 0.15) is 5.54 Å². The highest BCUT2D eigenvalue weighted by molar-refractivity contribution is 7.14. The molecule has 0 bridgehead atoms. The number of hydrogen-bond donors (Lipinski definition) is 2.